The van der Waals surface area contributed by atoms with Crippen LogP contribution in [0.25, 0.3) is 0 Å². The van der Waals surface area contributed by atoms with Crippen molar-refractivity contribution in [3.8, 4) is 5.88 Å². The van der Waals surface area contributed by atoms with Gasteiger partial charge in [0, 0.05) is 36.4 Å². The number of hydrogen-bond acceptors (Lipinski definition) is 4. The van der Waals surface area contributed by atoms with Gasteiger partial charge in [-0.05, 0) is 51.6 Å². The van der Waals surface area contributed by atoms with Crippen LogP contribution in [0.1, 0.15) is 38.7 Å². The molecule has 0 spiro atoms. The predicted octanol–water partition coefficient (Wildman–Crippen LogP) is 2.44. The SMILES string of the molecule is COc1ncccc1CN1CC(C)(C2CC2)NCCC1C. The number of nitrogens with one attached hydrogen (secondary N) is 1. The molecule has 4 nitrogen and oxygen atoms in total. The van der Waals surface area contributed by atoms with Gasteiger partial charge in [-0.25, -0.2) is 4.98 Å². The van der Waals surface area contributed by atoms with E-state index in [1.807, 2.05) is 6.07 Å². The first-order valence-electron chi connectivity index (χ1n) is 8.09. The minimum atomic E-state index is 0.264. The number of ether oxygens (including phenoxy) is 1. The maximum Gasteiger partial charge on any atom is 0.217 e. The summed E-state index contributed by atoms with van der Waals surface area (Å²) in [6, 6.07) is 4.72. The highest BCUT2D eigenvalue weighted by Crippen LogP contribution is 2.41. The zero-order valence-electron chi connectivity index (χ0n) is 13.4. The molecule has 1 N–H and O–H groups in total. The van der Waals surface area contributed by atoms with E-state index >= 15 is 0 Å². The number of pyridine rings is 1. The van der Waals surface area contributed by atoms with Crippen molar-refractivity contribution in [3.05, 3.63) is 23.9 Å². The highest BCUT2D eigenvalue weighted by atomic mass is 16.5. The van der Waals surface area contributed by atoms with E-state index in [1.165, 1.54) is 24.8 Å². The van der Waals surface area contributed by atoms with Crippen LogP contribution >= 0.6 is 0 Å². The van der Waals surface area contributed by atoms with Gasteiger partial charge in [0.1, 0.15) is 0 Å². The molecule has 0 radical (unpaired) electrons. The van der Waals surface area contributed by atoms with E-state index in [9.17, 15) is 0 Å². The van der Waals surface area contributed by atoms with Gasteiger partial charge in [-0.1, -0.05) is 6.07 Å². The van der Waals surface area contributed by atoms with E-state index in [0.717, 1.165) is 31.4 Å². The highest BCUT2D eigenvalue weighted by Gasteiger charge is 2.43. The van der Waals surface area contributed by atoms with Crippen molar-refractivity contribution in [1.29, 1.82) is 0 Å². The Bertz CT molecular complexity index is 489. The van der Waals surface area contributed by atoms with Crippen molar-refractivity contribution in [2.24, 2.45) is 5.92 Å². The monoisotopic (exact) mass is 289 g/mol. The predicted molar refractivity (Wildman–Crippen MR) is 84.4 cm³/mol. The summed E-state index contributed by atoms with van der Waals surface area (Å²) in [5.74, 6) is 1.61. The molecule has 2 atom stereocenters. The summed E-state index contributed by atoms with van der Waals surface area (Å²) in [5.41, 5.74) is 1.45. The quantitative estimate of drug-likeness (QED) is 0.924. The maximum absolute atomic E-state index is 5.41. The van der Waals surface area contributed by atoms with Crippen LogP contribution in [0.2, 0.25) is 0 Å². The summed E-state index contributed by atoms with van der Waals surface area (Å²) in [7, 11) is 1.70. The number of aromatic nitrogens is 1. The van der Waals surface area contributed by atoms with Gasteiger partial charge in [-0.15, -0.1) is 0 Å². The lowest BCUT2D eigenvalue weighted by Crippen LogP contribution is -2.51. The largest absolute Gasteiger partial charge is 0.481 e. The van der Waals surface area contributed by atoms with E-state index in [1.54, 1.807) is 13.3 Å². The van der Waals surface area contributed by atoms with Gasteiger partial charge < -0.3 is 10.1 Å². The van der Waals surface area contributed by atoms with Crippen LogP contribution in [0.15, 0.2) is 18.3 Å². The van der Waals surface area contributed by atoms with Crippen LogP contribution < -0.4 is 10.1 Å². The van der Waals surface area contributed by atoms with Crippen LogP contribution in [-0.2, 0) is 6.54 Å². The van der Waals surface area contributed by atoms with Gasteiger partial charge in [-0.3, -0.25) is 4.90 Å². The molecule has 0 bridgehead atoms. The summed E-state index contributed by atoms with van der Waals surface area (Å²) in [4.78, 5) is 6.93. The van der Waals surface area contributed by atoms with Crippen molar-refractivity contribution >= 4 is 0 Å². The van der Waals surface area contributed by atoms with E-state index in [0.29, 0.717) is 6.04 Å². The molecule has 2 fully saturated rings. The molecule has 0 amide bonds. The third-order valence-corrected chi connectivity index (χ3v) is 5.14. The van der Waals surface area contributed by atoms with Crippen molar-refractivity contribution in [2.45, 2.75) is 51.2 Å². The average molecular weight is 289 g/mol. The lowest BCUT2D eigenvalue weighted by Gasteiger charge is -2.36. The number of rotatable bonds is 4. The molecule has 116 valence electrons. The normalized spacial score (nSPS) is 30.9. The molecule has 4 heteroatoms. The lowest BCUT2D eigenvalue weighted by molar-refractivity contribution is 0.153. The van der Waals surface area contributed by atoms with E-state index in [-0.39, 0.29) is 5.54 Å². The molecule has 0 aromatic carbocycles. The molecule has 1 saturated heterocycles. The average Bonchev–Trinajstić information content (AvgIpc) is 3.31. The summed E-state index contributed by atoms with van der Waals surface area (Å²) in [6.45, 7) is 7.88. The third kappa shape index (κ3) is 3.22. The Labute approximate surface area is 127 Å². The first-order chi connectivity index (χ1) is 10.1. The molecule has 2 aliphatic rings. The molecule has 2 heterocycles. The van der Waals surface area contributed by atoms with Crippen LogP contribution in [0.4, 0.5) is 0 Å². The first-order valence-corrected chi connectivity index (χ1v) is 8.09. The number of hydrogen-bond donors (Lipinski definition) is 1. The molecule has 2 unspecified atom stereocenters. The topological polar surface area (TPSA) is 37.4 Å². The Hall–Kier alpha value is -1.13. The Kier molecular flexibility index (Phi) is 4.18. The van der Waals surface area contributed by atoms with Gasteiger partial charge >= 0.3 is 0 Å². The van der Waals surface area contributed by atoms with E-state index < -0.39 is 0 Å². The molecule has 1 aromatic rings. The van der Waals surface area contributed by atoms with Gasteiger partial charge in [-0.2, -0.15) is 0 Å². The summed E-state index contributed by atoms with van der Waals surface area (Å²) < 4.78 is 5.41. The molecular weight excluding hydrogens is 262 g/mol. The summed E-state index contributed by atoms with van der Waals surface area (Å²) in [5, 5.41) is 3.81. The molecule has 1 aromatic heterocycles. The molecule has 1 saturated carbocycles. The van der Waals surface area contributed by atoms with Gasteiger partial charge in [0.2, 0.25) is 5.88 Å². The molecular formula is C17H27N3O. The van der Waals surface area contributed by atoms with Crippen molar-refractivity contribution in [2.75, 3.05) is 20.2 Å². The second kappa shape index (κ2) is 5.93. The fourth-order valence-electron chi connectivity index (χ4n) is 3.54. The van der Waals surface area contributed by atoms with E-state index in [4.69, 9.17) is 4.74 Å². The second-order valence-electron chi connectivity index (χ2n) is 6.83. The summed E-state index contributed by atoms with van der Waals surface area (Å²) in [6.07, 6.45) is 5.75. The fourth-order valence-corrected chi connectivity index (χ4v) is 3.54. The standard InChI is InChI=1S/C17H27N3O/c1-13-8-10-19-17(2,15-6-7-15)12-20(13)11-14-5-4-9-18-16(14)21-3/h4-5,9,13,15,19H,6-8,10-12H2,1-3H3. The van der Waals surface area contributed by atoms with Crippen LogP contribution in [-0.4, -0.2) is 41.7 Å². The van der Waals surface area contributed by atoms with Gasteiger partial charge in [0.25, 0.3) is 0 Å². The molecule has 1 aliphatic carbocycles. The van der Waals surface area contributed by atoms with Crippen molar-refractivity contribution in [3.63, 3.8) is 0 Å². The van der Waals surface area contributed by atoms with Crippen molar-refractivity contribution < 1.29 is 4.74 Å². The zero-order chi connectivity index (χ0) is 14.9. The fraction of sp³-hybridized carbons (Fsp3) is 0.706. The van der Waals surface area contributed by atoms with Gasteiger partial charge in [0.15, 0.2) is 0 Å². The number of nitrogens with zero attached hydrogens (tertiary/aromatic N) is 2. The zero-order valence-corrected chi connectivity index (χ0v) is 13.4. The minimum absolute atomic E-state index is 0.264. The molecule has 3 rings (SSSR count). The lowest BCUT2D eigenvalue weighted by atomic mass is 9.95. The Balaban J connectivity index is 1.78. The third-order valence-electron chi connectivity index (χ3n) is 5.14. The van der Waals surface area contributed by atoms with Crippen LogP contribution in [0, 0.1) is 5.92 Å². The highest BCUT2D eigenvalue weighted by molar-refractivity contribution is 5.25. The minimum Gasteiger partial charge on any atom is -0.481 e. The summed E-state index contributed by atoms with van der Waals surface area (Å²) >= 11 is 0. The maximum atomic E-state index is 5.41. The molecule has 21 heavy (non-hydrogen) atoms. The Morgan fingerprint density at radius 3 is 2.95 bits per heavy atom. The van der Waals surface area contributed by atoms with Crippen molar-refractivity contribution in [1.82, 2.24) is 15.2 Å². The van der Waals surface area contributed by atoms with E-state index in [2.05, 4.69) is 35.1 Å². The first kappa shape index (κ1) is 14.8. The van der Waals surface area contributed by atoms with Crippen LogP contribution in [0.3, 0.4) is 0 Å². The Morgan fingerprint density at radius 1 is 1.43 bits per heavy atom. The smallest absolute Gasteiger partial charge is 0.217 e. The van der Waals surface area contributed by atoms with Crippen LogP contribution in [0.5, 0.6) is 5.88 Å². The number of methoxy groups -OCH3 is 1. The Morgan fingerprint density at radius 2 is 2.24 bits per heavy atom. The molecule has 1 aliphatic heterocycles. The second-order valence-corrected chi connectivity index (χ2v) is 6.83. The van der Waals surface area contributed by atoms with Gasteiger partial charge in [0.05, 0.1) is 7.11 Å².